The normalized spacial score (nSPS) is 19.9. The van der Waals surface area contributed by atoms with Crippen molar-refractivity contribution in [3.63, 3.8) is 0 Å². The highest BCUT2D eigenvalue weighted by Crippen LogP contribution is 2.23. The first kappa shape index (κ1) is 12.4. The fraction of sp³-hybridized carbons (Fsp3) is 0.500. The summed E-state index contributed by atoms with van der Waals surface area (Å²) in [4.78, 5) is 0. The van der Waals surface area contributed by atoms with Crippen molar-refractivity contribution in [3.8, 4) is 0 Å². The topological polar surface area (TPSA) is 53.5 Å². The molecule has 0 saturated carbocycles. The zero-order chi connectivity index (χ0) is 12.4. The van der Waals surface area contributed by atoms with Crippen molar-refractivity contribution in [1.29, 1.82) is 0 Å². The molecule has 2 aliphatic rings. The van der Waals surface area contributed by atoms with Crippen LogP contribution >= 0.6 is 11.9 Å². The fourth-order valence-electron chi connectivity index (χ4n) is 2.34. The van der Waals surface area contributed by atoms with E-state index in [2.05, 4.69) is 10.0 Å². The van der Waals surface area contributed by atoms with Gasteiger partial charge in [-0.05, 0) is 61.0 Å². The van der Waals surface area contributed by atoms with Gasteiger partial charge in [0.05, 0.1) is 6.61 Å². The highest BCUT2D eigenvalue weighted by molar-refractivity contribution is 8.01. The van der Waals surface area contributed by atoms with E-state index in [-0.39, 0.29) is 0 Å². The lowest BCUT2D eigenvalue weighted by Crippen LogP contribution is -2.30. The lowest BCUT2D eigenvalue weighted by Gasteiger charge is -2.22. The van der Waals surface area contributed by atoms with E-state index in [0.29, 0.717) is 11.9 Å². The third kappa shape index (κ3) is 2.67. The van der Waals surface area contributed by atoms with Gasteiger partial charge in [-0.2, -0.15) is 0 Å². The van der Waals surface area contributed by atoms with Crippen LogP contribution in [0.15, 0.2) is 18.2 Å². The molecular formula is C12H17BN2O2S. The largest absolute Gasteiger partial charge is 0.491 e. The summed E-state index contributed by atoms with van der Waals surface area (Å²) in [6.07, 6.45) is 2.41. The quantitative estimate of drug-likeness (QED) is 0.554. The Bertz CT molecular complexity index is 427. The maximum atomic E-state index is 9.66. The minimum absolute atomic E-state index is 0.512. The Morgan fingerprint density at radius 2 is 2.22 bits per heavy atom. The van der Waals surface area contributed by atoms with E-state index in [1.54, 1.807) is 11.9 Å². The molecule has 0 aromatic heterocycles. The summed E-state index contributed by atoms with van der Waals surface area (Å²) in [5, 5.41) is 13.7. The van der Waals surface area contributed by atoms with Crippen molar-refractivity contribution in [1.82, 2.24) is 5.32 Å². The van der Waals surface area contributed by atoms with Gasteiger partial charge in [-0.1, -0.05) is 6.07 Å². The number of fused-ring (bicyclic) bond motifs is 1. The van der Waals surface area contributed by atoms with Gasteiger partial charge in [0.15, 0.2) is 0 Å². The molecule has 0 aliphatic carbocycles. The van der Waals surface area contributed by atoms with Crippen molar-refractivity contribution >= 4 is 30.2 Å². The van der Waals surface area contributed by atoms with Gasteiger partial charge in [0, 0.05) is 10.9 Å². The molecular weight excluding hydrogens is 247 g/mol. The fourth-order valence-corrected chi connectivity index (χ4v) is 3.24. The number of piperidine rings is 1. The Morgan fingerprint density at radius 1 is 1.39 bits per heavy atom. The van der Waals surface area contributed by atoms with Crippen molar-refractivity contribution in [2.75, 3.05) is 17.8 Å². The van der Waals surface area contributed by atoms with Gasteiger partial charge >= 0.3 is 7.12 Å². The number of benzene rings is 1. The van der Waals surface area contributed by atoms with E-state index in [9.17, 15) is 5.02 Å². The van der Waals surface area contributed by atoms with Gasteiger partial charge in [-0.15, -0.1) is 0 Å². The number of hydrogen-bond donors (Lipinski definition) is 3. The molecule has 1 fully saturated rings. The lowest BCUT2D eigenvalue weighted by molar-refractivity contribution is 0.275. The molecule has 0 amide bonds. The summed E-state index contributed by atoms with van der Waals surface area (Å²) in [7, 11) is -0.759. The van der Waals surface area contributed by atoms with E-state index >= 15 is 0 Å². The third-order valence-corrected chi connectivity index (χ3v) is 4.60. The molecule has 0 atom stereocenters. The summed E-state index contributed by atoms with van der Waals surface area (Å²) < 4.78 is 8.57. The van der Waals surface area contributed by atoms with Gasteiger partial charge in [-0.25, -0.2) is 0 Å². The van der Waals surface area contributed by atoms with Gasteiger partial charge in [0.2, 0.25) is 0 Å². The highest BCUT2D eigenvalue weighted by Gasteiger charge is 2.27. The summed E-state index contributed by atoms with van der Waals surface area (Å²) in [5.74, 6) is 0. The number of rotatable bonds is 3. The molecule has 2 heterocycles. The minimum atomic E-state index is -0.759. The predicted octanol–water partition coefficient (Wildman–Crippen LogP) is 0.716. The highest BCUT2D eigenvalue weighted by atomic mass is 32.2. The van der Waals surface area contributed by atoms with Crippen LogP contribution in [0.4, 0.5) is 5.69 Å². The molecule has 1 aromatic rings. The molecule has 3 N–H and O–H groups in total. The maximum absolute atomic E-state index is 9.66. The van der Waals surface area contributed by atoms with Crippen molar-refractivity contribution in [3.05, 3.63) is 23.8 Å². The van der Waals surface area contributed by atoms with Crippen molar-refractivity contribution in [2.45, 2.75) is 24.7 Å². The van der Waals surface area contributed by atoms with Crippen LogP contribution in [0.3, 0.4) is 0 Å². The van der Waals surface area contributed by atoms with Crippen LogP contribution in [-0.2, 0) is 11.3 Å². The first-order chi connectivity index (χ1) is 8.83. The van der Waals surface area contributed by atoms with E-state index in [1.807, 2.05) is 18.2 Å². The molecule has 0 spiro atoms. The van der Waals surface area contributed by atoms with Crippen LogP contribution in [0.25, 0.3) is 0 Å². The number of hydrogen-bond acceptors (Lipinski definition) is 5. The molecule has 4 nitrogen and oxygen atoms in total. The van der Waals surface area contributed by atoms with E-state index in [0.717, 1.165) is 29.8 Å². The Kier molecular flexibility index (Phi) is 3.79. The molecule has 1 saturated heterocycles. The molecule has 0 bridgehead atoms. The van der Waals surface area contributed by atoms with Crippen molar-refractivity contribution < 1.29 is 9.68 Å². The molecule has 96 valence electrons. The summed E-state index contributed by atoms with van der Waals surface area (Å²) >= 11 is 1.78. The van der Waals surface area contributed by atoms with Gasteiger partial charge < -0.3 is 19.7 Å². The first-order valence-electron chi connectivity index (χ1n) is 6.38. The molecule has 0 radical (unpaired) electrons. The monoisotopic (exact) mass is 264 g/mol. The zero-order valence-electron chi connectivity index (χ0n) is 10.2. The number of anilines is 1. The predicted molar refractivity (Wildman–Crippen MR) is 75.9 cm³/mol. The molecule has 1 aromatic carbocycles. The van der Waals surface area contributed by atoms with Crippen LogP contribution in [0.1, 0.15) is 18.4 Å². The van der Waals surface area contributed by atoms with E-state index < -0.39 is 7.12 Å². The second-order valence-electron chi connectivity index (χ2n) is 4.75. The Balaban J connectivity index is 1.61. The average Bonchev–Trinajstić information content (AvgIpc) is 2.79. The van der Waals surface area contributed by atoms with Crippen LogP contribution in [0.5, 0.6) is 0 Å². The SMILES string of the molecule is OB1OCc2ccc(NSC3CCNCC3)cc21. The van der Waals surface area contributed by atoms with E-state index in [1.165, 1.54) is 12.8 Å². The third-order valence-electron chi connectivity index (χ3n) is 3.44. The minimum Gasteiger partial charge on any atom is -0.423 e. The molecule has 2 aliphatic heterocycles. The number of nitrogens with one attached hydrogen (secondary N) is 2. The summed E-state index contributed by atoms with van der Waals surface area (Å²) in [6.45, 7) is 2.73. The van der Waals surface area contributed by atoms with Gasteiger partial charge in [0.25, 0.3) is 0 Å². The van der Waals surface area contributed by atoms with Crippen LogP contribution in [-0.4, -0.2) is 30.5 Å². The first-order valence-corrected chi connectivity index (χ1v) is 7.26. The molecule has 18 heavy (non-hydrogen) atoms. The second-order valence-corrected chi connectivity index (χ2v) is 5.85. The van der Waals surface area contributed by atoms with Crippen molar-refractivity contribution in [2.24, 2.45) is 0 Å². The van der Waals surface area contributed by atoms with E-state index in [4.69, 9.17) is 4.65 Å². The smallest absolute Gasteiger partial charge is 0.423 e. The Labute approximate surface area is 112 Å². The Hall–Kier alpha value is -0.685. The average molecular weight is 264 g/mol. The Morgan fingerprint density at radius 3 is 3.06 bits per heavy atom. The molecule has 0 unspecified atom stereocenters. The van der Waals surface area contributed by atoms with Crippen LogP contribution in [0, 0.1) is 0 Å². The maximum Gasteiger partial charge on any atom is 0.491 e. The molecule has 6 heteroatoms. The second kappa shape index (κ2) is 5.53. The van der Waals surface area contributed by atoms with Gasteiger partial charge in [0.1, 0.15) is 0 Å². The standard InChI is InChI=1S/C12H17BN2O2S/c16-13-12-7-10(2-1-9(12)8-17-13)15-18-11-3-5-14-6-4-11/h1-2,7,11,14-16H,3-6,8H2. The van der Waals surface area contributed by atoms with Gasteiger partial charge in [-0.3, -0.25) is 0 Å². The lowest BCUT2D eigenvalue weighted by atomic mass is 9.79. The van der Waals surface area contributed by atoms with Crippen LogP contribution in [0.2, 0.25) is 0 Å². The zero-order valence-corrected chi connectivity index (χ0v) is 11.0. The summed E-state index contributed by atoms with van der Waals surface area (Å²) in [5.41, 5.74) is 3.02. The summed E-state index contributed by atoms with van der Waals surface area (Å²) in [6, 6.07) is 6.06. The van der Waals surface area contributed by atoms with Crippen LogP contribution < -0.4 is 15.5 Å². The molecule has 3 rings (SSSR count).